The van der Waals surface area contributed by atoms with Crippen molar-refractivity contribution >= 4 is 21.9 Å². The largest absolute Gasteiger partial charge is 0.481 e. The number of hydrogen-bond donors (Lipinski definition) is 2. The lowest BCUT2D eigenvalue weighted by molar-refractivity contribution is -0.146. The van der Waals surface area contributed by atoms with E-state index in [0.29, 0.717) is 25.8 Å². The molecule has 0 aliphatic carbocycles. The van der Waals surface area contributed by atoms with Crippen molar-refractivity contribution in [3.8, 4) is 0 Å². The molecule has 7 nitrogen and oxygen atoms in total. The first-order chi connectivity index (χ1) is 9.26. The molecule has 0 aromatic carbocycles. The lowest BCUT2D eigenvalue weighted by Crippen LogP contribution is -2.51. The summed E-state index contributed by atoms with van der Waals surface area (Å²) in [6.07, 6.45) is 1.65. The van der Waals surface area contributed by atoms with Gasteiger partial charge in [-0.1, -0.05) is 6.92 Å². The number of hydrogen-bond acceptors (Lipinski definition) is 4. The van der Waals surface area contributed by atoms with E-state index < -0.39 is 28.0 Å². The molecular weight excluding hydrogens is 284 g/mol. The van der Waals surface area contributed by atoms with E-state index in [0.717, 1.165) is 0 Å². The third kappa shape index (κ3) is 4.75. The number of nitrogens with zero attached hydrogens (tertiary/aromatic N) is 1. The Balaban J connectivity index is 2.62. The summed E-state index contributed by atoms with van der Waals surface area (Å²) in [5.41, 5.74) is 0. The maximum Gasteiger partial charge on any atom is 0.308 e. The summed E-state index contributed by atoms with van der Waals surface area (Å²) >= 11 is 0. The van der Waals surface area contributed by atoms with Crippen molar-refractivity contribution in [1.82, 2.24) is 9.62 Å². The summed E-state index contributed by atoms with van der Waals surface area (Å²) in [6.45, 7) is 3.85. The smallest absolute Gasteiger partial charge is 0.308 e. The maximum absolute atomic E-state index is 12.2. The zero-order valence-corrected chi connectivity index (χ0v) is 12.6. The molecular formula is C12H22N2O5S. The molecule has 2 atom stereocenters. The van der Waals surface area contributed by atoms with Gasteiger partial charge in [0.25, 0.3) is 0 Å². The standard InChI is InChI=1S/C12H22N2O5S/c1-3-7-20(18,19)13-9(2)11(15)14-6-4-5-10(8-14)12(16)17/h9-10,13H,3-8H2,1-2H3,(H,16,17). The van der Waals surface area contributed by atoms with Gasteiger partial charge in [-0.25, -0.2) is 13.1 Å². The number of aliphatic carboxylic acids is 1. The molecule has 1 amide bonds. The van der Waals surface area contributed by atoms with Gasteiger partial charge in [0.2, 0.25) is 15.9 Å². The van der Waals surface area contributed by atoms with Crippen molar-refractivity contribution in [2.75, 3.05) is 18.8 Å². The summed E-state index contributed by atoms with van der Waals surface area (Å²) in [6, 6.07) is -0.862. The van der Waals surface area contributed by atoms with Crippen LogP contribution < -0.4 is 4.72 Å². The fourth-order valence-corrected chi connectivity index (χ4v) is 3.59. The Morgan fingerprint density at radius 2 is 2.10 bits per heavy atom. The van der Waals surface area contributed by atoms with Gasteiger partial charge in [-0.3, -0.25) is 9.59 Å². The van der Waals surface area contributed by atoms with Gasteiger partial charge >= 0.3 is 5.97 Å². The lowest BCUT2D eigenvalue weighted by Gasteiger charge is -2.32. The molecule has 1 fully saturated rings. The topological polar surface area (TPSA) is 104 Å². The van der Waals surface area contributed by atoms with Crippen LogP contribution in [0.25, 0.3) is 0 Å². The molecule has 2 unspecified atom stereocenters. The molecule has 8 heteroatoms. The summed E-state index contributed by atoms with van der Waals surface area (Å²) in [7, 11) is -3.46. The zero-order chi connectivity index (χ0) is 15.3. The molecule has 0 bridgehead atoms. The fourth-order valence-electron chi connectivity index (χ4n) is 2.30. The molecule has 116 valence electrons. The summed E-state index contributed by atoms with van der Waals surface area (Å²) in [5, 5.41) is 8.98. The van der Waals surface area contributed by atoms with Gasteiger partial charge in [0, 0.05) is 13.1 Å². The van der Waals surface area contributed by atoms with Gasteiger partial charge in [-0.05, 0) is 26.2 Å². The summed E-state index contributed by atoms with van der Waals surface area (Å²) < 4.78 is 25.6. The zero-order valence-electron chi connectivity index (χ0n) is 11.8. The molecule has 1 aliphatic heterocycles. The van der Waals surface area contributed by atoms with E-state index in [2.05, 4.69) is 4.72 Å². The number of carboxylic acid groups (broad SMARTS) is 1. The normalized spacial score (nSPS) is 21.5. The first-order valence-corrected chi connectivity index (χ1v) is 8.43. The number of carbonyl (C=O) groups excluding carboxylic acids is 1. The van der Waals surface area contributed by atoms with Crippen LogP contribution in [0.5, 0.6) is 0 Å². The second-order valence-electron chi connectivity index (χ2n) is 5.12. The Labute approximate surface area is 119 Å². The quantitative estimate of drug-likeness (QED) is 0.720. The Kier molecular flexibility index (Phi) is 5.94. The molecule has 0 saturated carbocycles. The van der Waals surface area contributed by atoms with Gasteiger partial charge in [0.05, 0.1) is 17.7 Å². The van der Waals surface area contributed by atoms with Crippen molar-refractivity contribution in [3.63, 3.8) is 0 Å². The van der Waals surface area contributed by atoms with Gasteiger partial charge in [-0.15, -0.1) is 0 Å². The average Bonchev–Trinajstić information content (AvgIpc) is 2.37. The maximum atomic E-state index is 12.2. The van der Waals surface area contributed by atoms with E-state index in [-0.39, 0.29) is 18.2 Å². The number of carboxylic acids is 1. The van der Waals surface area contributed by atoms with Crippen molar-refractivity contribution in [1.29, 1.82) is 0 Å². The number of amides is 1. The van der Waals surface area contributed by atoms with E-state index in [9.17, 15) is 18.0 Å². The van der Waals surface area contributed by atoms with Gasteiger partial charge < -0.3 is 10.0 Å². The highest BCUT2D eigenvalue weighted by Gasteiger charge is 2.31. The number of likely N-dealkylation sites (tertiary alicyclic amines) is 1. The van der Waals surface area contributed by atoms with Crippen molar-refractivity contribution in [2.24, 2.45) is 5.92 Å². The Bertz CT molecular complexity index is 462. The SMILES string of the molecule is CCCS(=O)(=O)NC(C)C(=O)N1CCCC(C(=O)O)C1. The monoisotopic (exact) mass is 306 g/mol. The molecule has 1 heterocycles. The average molecular weight is 306 g/mol. The van der Waals surface area contributed by atoms with E-state index in [1.165, 1.54) is 11.8 Å². The van der Waals surface area contributed by atoms with Gasteiger partial charge in [-0.2, -0.15) is 0 Å². The first kappa shape index (κ1) is 16.9. The summed E-state index contributed by atoms with van der Waals surface area (Å²) in [4.78, 5) is 24.5. The van der Waals surface area contributed by atoms with Gasteiger partial charge in [0.15, 0.2) is 0 Å². The molecule has 1 saturated heterocycles. The Morgan fingerprint density at radius 1 is 1.45 bits per heavy atom. The molecule has 0 radical (unpaired) electrons. The highest BCUT2D eigenvalue weighted by atomic mass is 32.2. The summed E-state index contributed by atoms with van der Waals surface area (Å²) in [5.74, 6) is -1.87. The minimum atomic E-state index is -3.46. The molecule has 1 aliphatic rings. The number of nitrogens with one attached hydrogen (secondary N) is 1. The molecule has 0 spiro atoms. The lowest BCUT2D eigenvalue weighted by atomic mass is 9.98. The number of rotatable bonds is 6. The van der Waals surface area contributed by atoms with Crippen LogP contribution in [-0.2, 0) is 19.6 Å². The Hall–Kier alpha value is -1.15. The fraction of sp³-hybridized carbons (Fsp3) is 0.833. The van der Waals surface area contributed by atoms with Gasteiger partial charge in [0.1, 0.15) is 0 Å². The molecule has 0 aromatic heterocycles. The van der Waals surface area contributed by atoms with E-state index >= 15 is 0 Å². The highest BCUT2D eigenvalue weighted by Crippen LogP contribution is 2.17. The van der Waals surface area contributed by atoms with Crippen LogP contribution in [0.15, 0.2) is 0 Å². The predicted octanol–water partition coefficient (Wildman–Crippen LogP) is 0.0275. The molecule has 1 rings (SSSR count). The molecule has 20 heavy (non-hydrogen) atoms. The Morgan fingerprint density at radius 3 is 2.65 bits per heavy atom. The minimum absolute atomic E-state index is 0.0254. The highest BCUT2D eigenvalue weighted by molar-refractivity contribution is 7.89. The van der Waals surface area contributed by atoms with Crippen LogP contribution in [0.1, 0.15) is 33.1 Å². The third-order valence-corrected chi connectivity index (χ3v) is 4.94. The van der Waals surface area contributed by atoms with Crippen molar-refractivity contribution < 1.29 is 23.1 Å². The van der Waals surface area contributed by atoms with E-state index in [4.69, 9.17) is 5.11 Å². The van der Waals surface area contributed by atoms with Crippen LogP contribution in [-0.4, -0.2) is 55.2 Å². The first-order valence-electron chi connectivity index (χ1n) is 6.78. The van der Waals surface area contributed by atoms with E-state index in [1.807, 2.05) is 0 Å². The van der Waals surface area contributed by atoms with Crippen LogP contribution in [0.3, 0.4) is 0 Å². The van der Waals surface area contributed by atoms with Crippen molar-refractivity contribution in [2.45, 2.75) is 39.2 Å². The second-order valence-corrected chi connectivity index (χ2v) is 6.99. The van der Waals surface area contributed by atoms with Crippen LogP contribution >= 0.6 is 0 Å². The number of carbonyl (C=O) groups is 2. The molecule has 0 aromatic rings. The van der Waals surface area contributed by atoms with E-state index in [1.54, 1.807) is 6.92 Å². The second kappa shape index (κ2) is 7.03. The minimum Gasteiger partial charge on any atom is -0.481 e. The number of piperidine rings is 1. The van der Waals surface area contributed by atoms with Crippen molar-refractivity contribution in [3.05, 3.63) is 0 Å². The van der Waals surface area contributed by atoms with Crippen LogP contribution in [0.2, 0.25) is 0 Å². The van der Waals surface area contributed by atoms with Crippen LogP contribution in [0, 0.1) is 5.92 Å². The number of sulfonamides is 1. The molecule has 2 N–H and O–H groups in total. The van der Waals surface area contributed by atoms with Crippen LogP contribution in [0.4, 0.5) is 0 Å². The third-order valence-electron chi connectivity index (χ3n) is 3.28. The predicted molar refractivity (Wildman–Crippen MR) is 73.6 cm³/mol.